The predicted molar refractivity (Wildman–Crippen MR) is 109 cm³/mol. The van der Waals surface area contributed by atoms with E-state index in [0.717, 1.165) is 0 Å². The Morgan fingerprint density at radius 3 is 2.48 bits per heavy atom. The average molecular weight is 430 g/mol. The van der Waals surface area contributed by atoms with Crippen molar-refractivity contribution in [1.29, 1.82) is 0 Å². The minimum atomic E-state index is -1.12. The Hall–Kier alpha value is -3.27. The van der Waals surface area contributed by atoms with E-state index >= 15 is 0 Å². The Kier molecular flexibility index (Phi) is 5.26. The van der Waals surface area contributed by atoms with Gasteiger partial charge in [-0.05, 0) is 25.1 Å². The molecule has 0 amide bonds. The van der Waals surface area contributed by atoms with Gasteiger partial charge >= 0.3 is 0 Å². The standard InChI is InChI=1S/C22H22O9/c1-9-21(27)14(26)8-17(30-9)19-13(25)7-18-20(22(19)28)12(24)6-15(31-18)10-3-4-11(23)16(5-10)29-2/h3-7,9,14,17,21,23,25-28H,8H2,1-2H3/t9-,14-,17-,21+/m1/s1. The SMILES string of the molecule is COc1cc(-c2cc(=O)c3c(O)c([C@H]4C[C@@H](O)[C@@H](O)[C@@H](C)O4)c(O)cc3o2)ccc1O. The van der Waals surface area contributed by atoms with E-state index in [0.29, 0.717) is 5.56 Å². The lowest BCUT2D eigenvalue weighted by Gasteiger charge is -2.36. The minimum Gasteiger partial charge on any atom is -0.507 e. The number of hydrogen-bond donors (Lipinski definition) is 5. The zero-order chi connectivity index (χ0) is 22.4. The van der Waals surface area contributed by atoms with Crippen molar-refractivity contribution in [2.45, 2.75) is 37.8 Å². The lowest BCUT2D eigenvalue weighted by Crippen LogP contribution is -2.43. The van der Waals surface area contributed by atoms with Gasteiger partial charge in [0.05, 0.1) is 31.0 Å². The van der Waals surface area contributed by atoms with Crippen LogP contribution in [0.25, 0.3) is 22.3 Å². The van der Waals surface area contributed by atoms with Crippen LogP contribution >= 0.6 is 0 Å². The molecule has 2 aromatic carbocycles. The molecule has 0 bridgehead atoms. The lowest BCUT2D eigenvalue weighted by atomic mass is 9.92. The molecule has 0 spiro atoms. The van der Waals surface area contributed by atoms with Crippen molar-refractivity contribution in [2.24, 2.45) is 0 Å². The molecule has 0 aliphatic carbocycles. The second kappa shape index (κ2) is 7.77. The summed E-state index contributed by atoms with van der Waals surface area (Å²) < 4.78 is 16.4. The topological polar surface area (TPSA) is 150 Å². The number of phenolic OH excluding ortho intramolecular Hbond substituents is 3. The van der Waals surface area contributed by atoms with E-state index in [4.69, 9.17) is 13.9 Å². The number of aliphatic hydroxyl groups excluding tert-OH is 2. The van der Waals surface area contributed by atoms with Crippen LogP contribution in [0.2, 0.25) is 0 Å². The maximum Gasteiger partial charge on any atom is 0.197 e. The largest absolute Gasteiger partial charge is 0.507 e. The van der Waals surface area contributed by atoms with Gasteiger partial charge in [0.1, 0.15) is 34.3 Å². The van der Waals surface area contributed by atoms with Crippen LogP contribution in [0, 0.1) is 0 Å². The molecule has 9 nitrogen and oxygen atoms in total. The first-order valence-corrected chi connectivity index (χ1v) is 9.63. The smallest absolute Gasteiger partial charge is 0.197 e. The summed E-state index contributed by atoms with van der Waals surface area (Å²) in [4.78, 5) is 12.8. The average Bonchev–Trinajstić information content (AvgIpc) is 2.71. The predicted octanol–water partition coefficient (Wildman–Crippen LogP) is 2.16. The number of methoxy groups -OCH3 is 1. The molecule has 1 aliphatic rings. The van der Waals surface area contributed by atoms with Gasteiger partial charge < -0.3 is 39.4 Å². The van der Waals surface area contributed by atoms with Gasteiger partial charge in [-0.15, -0.1) is 0 Å². The highest BCUT2D eigenvalue weighted by molar-refractivity contribution is 5.88. The monoisotopic (exact) mass is 430 g/mol. The highest BCUT2D eigenvalue weighted by Crippen LogP contribution is 2.44. The summed E-state index contributed by atoms with van der Waals surface area (Å²) >= 11 is 0. The second-order valence-corrected chi connectivity index (χ2v) is 7.52. The molecule has 2 heterocycles. The van der Waals surface area contributed by atoms with E-state index in [-0.39, 0.29) is 46.0 Å². The van der Waals surface area contributed by atoms with Crippen molar-refractivity contribution >= 4 is 11.0 Å². The van der Waals surface area contributed by atoms with Crippen molar-refractivity contribution in [3.8, 4) is 34.3 Å². The summed E-state index contributed by atoms with van der Waals surface area (Å²) in [7, 11) is 1.39. The van der Waals surface area contributed by atoms with E-state index < -0.39 is 35.6 Å². The Balaban J connectivity index is 1.83. The van der Waals surface area contributed by atoms with E-state index in [2.05, 4.69) is 0 Å². The van der Waals surface area contributed by atoms with Gasteiger partial charge in [0.25, 0.3) is 0 Å². The molecule has 0 radical (unpaired) electrons. The number of aromatic hydroxyl groups is 3. The third-order valence-electron chi connectivity index (χ3n) is 5.51. The van der Waals surface area contributed by atoms with Crippen LogP contribution in [0.15, 0.2) is 39.5 Å². The van der Waals surface area contributed by atoms with Gasteiger partial charge in [0.2, 0.25) is 0 Å². The zero-order valence-corrected chi connectivity index (χ0v) is 16.8. The number of phenols is 3. The first kappa shape index (κ1) is 21.0. The fourth-order valence-corrected chi connectivity index (χ4v) is 3.85. The molecule has 1 fully saturated rings. The van der Waals surface area contributed by atoms with Gasteiger partial charge in [-0.25, -0.2) is 0 Å². The van der Waals surface area contributed by atoms with Gasteiger partial charge in [-0.3, -0.25) is 4.79 Å². The summed E-state index contributed by atoms with van der Waals surface area (Å²) in [5, 5.41) is 50.9. The van der Waals surface area contributed by atoms with Gasteiger partial charge in [-0.2, -0.15) is 0 Å². The Bertz CT molecular complexity index is 1190. The number of hydrogen-bond acceptors (Lipinski definition) is 9. The van der Waals surface area contributed by atoms with E-state index in [1.54, 1.807) is 6.92 Å². The van der Waals surface area contributed by atoms with Crippen LogP contribution in [0.3, 0.4) is 0 Å². The van der Waals surface area contributed by atoms with E-state index in [1.807, 2.05) is 0 Å². The van der Waals surface area contributed by atoms with Crippen LogP contribution < -0.4 is 10.2 Å². The molecule has 1 aliphatic heterocycles. The number of benzene rings is 2. The third-order valence-corrected chi connectivity index (χ3v) is 5.51. The minimum absolute atomic E-state index is 0.0577. The van der Waals surface area contributed by atoms with Gasteiger partial charge in [0, 0.05) is 24.1 Å². The number of rotatable bonds is 3. The number of ether oxygens (including phenoxy) is 2. The van der Waals surface area contributed by atoms with Crippen LogP contribution in [-0.4, -0.2) is 51.0 Å². The fourth-order valence-electron chi connectivity index (χ4n) is 3.85. The molecule has 1 aromatic heterocycles. The molecule has 0 saturated carbocycles. The normalized spacial score (nSPS) is 23.7. The van der Waals surface area contributed by atoms with Crippen molar-refractivity contribution in [3.63, 3.8) is 0 Å². The van der Waals surface area contributed by atoms with Crippen LogP contribution in [0.1, 0.15) is 25.0 Å². The van der Waals surface area contributed by atoms with E-state index in [1.165, 1.54) is 37.4 Å². The highest BCUT2D eigenvalue weighted by atomic mass is 16.5. The summed E-state index contributed by atoms with van der Waals surface area (Å²) in [6.45, 7) is 1.56. The summed E-state index contributed by atoms with van der Waals surface area (Å²) in [6, 6.07) is 6.77. The molecule has 4 atom stereocenters. The first-order valence-electron chi connectivity index (χ1n) is 9.63. The molecule has 164 valence electrons. The summed E-state index contributed by atoms with van der Waals surface area (Å²) in [5.41, 5.74) is -0.237. The maximum atomic E-state index is 12.8. The van der Waals surface area contributed by atoms with Crippen molar-refractivity contribution in [2.75, 3.05) is 7.11 Å². The van der Waals surface area contributed by atoms with Crippen LogP contribution in [-0.2, 0) is 4.74 Å². The first-order chi connectivity index (χ1) is 14.7. The Labute approximate surface area is 176 Å². The molecule has 5 N–H and O–H groups in total. The maximum absolute atomic E-state index is 12.8. The summed E-state index contributed by atoms with van der Waals surface area (Å²) in [5.74, 6) is -0.647. The quantitative estimate of drug-likeness (QED) is 0.421. The highest BCUT2D eigenvalue weighted by Gasteiger charge is 2.37. The van der Waals surface area contributed by atoms with E-state index in [9.17, 15) is 30.3 Å². The van der Waals surface area contributed by atoms with Crippen LogP contribution in [0.5, 0.6) is 23.0 Å². The Morgan fingerprint density at radius 1 is 1.06 bits per heavy atom. The fraction of sp³-hybridized carbons (Fsp3) is 0.318. The molecule has 1 saturated heterocycles. The van der Waals surface area contributed by atoms with Crippen molar-refractivity contribution in [1.82, 2.24) is 0 Å². The van der Waals surface area contributed by atoms with Crippen LogP contribution in [0.4, 0.5) is 0 Å². The van der Waals surface area contributed by atoms with Gasteiger partial charge in [0.15, 0.2) is 16.9 Å². The molecule has 3 aromatic rings. The zero-order valence-electron chi connectivity index (χ0n) is 16.8. The third kappa shape index (κ3) is 3.56. The molecule has 31 heavy (non-hydrogen) atoms. The molecular formula is C22H22O9. The van der Waals surface area contributed by atoms with Crippen molar-refractivity contribution < 1.29 is 39.4 Å². The molecular weight excluding hydrogens is 408 g/mol. The second-order valence-electron chi connectivity index (χ2n) is 7.52. The van der Waals surface area contributed by atoms with Crippen molar-refractivity contribution in [3.05, 3.63) is 46.1 Å². The summed E-state index contributed by atoms with van der Waals surface area (Å²) in [6.07, 6.45) is -3.97. The lowest BCUT2D eigenvalue weighted by molar-refractivity contribution is -0.164. The van der Waals surface area contributed by atoms with Gasteiger partial charge in [-0.1, -0.05) is 0 Å². The number of aliphatic hydroxyl groups is 2. The Morgan fingerprint density at radius 2 is 1.81 bits per heavy atom. The molecule has 0 unspecified atom stereocenters. The molecule has 4 rings (SSSR count). The number of fused-ring (bicyclic) bond motifs is 1. The molecule has 9 heteroatoms.